The first-order chi connectivity index (χ1) is 9.95. The van der Waals surface area contributed by atoms with Gasteiger partial charge in [-0.15, -0.1) is 0 Å². The zero-order valence-electron chi connectivity index (χ0n) is 11.1. The summed E-state index contributed by atoms with van der Waals surface area (Å²) in [5.74, 6) is -1.77. The maximum atomic E-state index is 13.5. The van der Waals surface area contributed by atoms with E-state index in [2.05, 4.69) is 21.2 Å². The van der Waals surface area contributed by atoms with Crippen LogP contribution in [0.3, 0.4) is 0 Å². The van der Waals surface area contributed by atoms with Crippen LogP contribution in [0.1, 0.15) is 19.3 Å². The van der Waals surface area contributed by atoms with E-state index in [1.807, 2.05) is 0 Å². The van der Waals surface area contributed by atoms with Crippen molar-refractivity contribution in [1.82, 2.24) is 5.32 Å². The molecule has 0 bridgehead atoms. The Morgan fingerprint density at radius 2 is 2.19 bits per heavy atom. The lowest BCUT2D eigenvalue weighted by atomic mass is 10.1. The summed E-state index contributed by atoms with van der Waals surface area (Å²) in [6, 6.07) is 3.88. The van der Waals surface area contributed by atoms with Gasteiger partial charge in [-0.25, -0.2) is 4.39 Å². The highest BCUT2D eigenvalue weighted by atomic mass is 79.9. The molecule has 1 unspecified atom stereocenters. The van der Waals surface area contributed by atoms with E-state index >= 15 is 0 Å². The molecule has 0 radical (unpaired) electrons. The van der Waals surface area contributed by atoms with Gasteiger partial charge in [-0.05, 0) is 37.0 Å². The van der Waals surface area contributed by atoms with Gasteiger partial charge in [-0.1, -0.05) is 15.9 Å². The maximum Gasteiger partial charge on any atom is 0.305 e. The van der Waals surface area contributed by atoms with Crippen LogP contribution < -0.4 is 10.1 Å². The van der Waals surface area contributed by atoms with Gasteiger partial charge in [-0.3, -0.25) is 9.59 Å². The number of halogens is 2. The number of hydrogen-bond donors (Lipinski definition) is 2. The standard InChI is InChI=1S/C14H15BrFNO4/c15-9-3-4-12(10(16)5-9)21-7-13(18)17-11(6-14(19)20)8-1-2-8/h3-5,8,11H,1-2,6-7H2,(H,17,18)(H,19,20). The molecule has 0 saturated heterocycles. The molecule has 1 saturated carbocycles. The summed E-state index contributed by atoms with van der Waals surface area (Å²) in [6.07, 6.45) is 1.73. The molecular weight excluding hydrogens is 345 g/mol. The smallest absolute Gasteiger partial charge is 0.305 e. The molecule has 0 heterocycles. The largest absolute Gasteiger partial charge is 0.481 e. The molecule has 1 amide bonds. The minimum absolute atomic E-state index is 0.0189. The van der Waals surface area contributed by atoms with Gasteiger partial charge < -0.3 is 15.2 Å². The first kappa shape index (κ1) is 15.8. The fourth-order valence-electron chi connectivity index (χ4n) is 2.01. The molecule has 1 aliphatic rings. The Morgan fingerprint density at radius 3 is 2.76 bits per heavy atom. The average Bonchev–Trinajstić information content (AvgIpc) is 3.20. The molecule has 1 atom stereocenters. The molecule has 0 spiro atoms. The molecule has 114 valence electrons. The first-order valence-corrected chi connectivity index (χ1v) is 7.34. The van der Waals surface area contributed by atoms with E-state index in [1.165, 1.54) is 12.1 Å². The number of carboxylic acid groups (broad SMARTS) is 1. The summed E-state index contributed by atoms with van der Waals surface area (Å²) < 4.78 is 19.2. The maximum absolute atomic E-state index is 13.5. The van der Waals surface area contributed by atoms with Crippen molar-refractivity contribution in [3.63, 3.8) is 0 Å². The molecule has 1 fully saturated rings. The van der Waals surface area contributed by atoms with Gasteiger partial charge in [0.1, 0.15) is 0 Å². The second kappa shape index (κ2) is 6.89. The van der Waals surface area contributed by atoms with Gasteiger partial charge in [0.05, 0.1) is 6.42 Å². The van der Waals surface area contributed by atoms with Crippen LogP contribution in [0.4, 0.5) is 4.39 Å². The predicted molar refractivity (Wildman–Crippen MR) is 76.5 cm³/mol. The van der Waals surface area contributed by atoms with Crippen LogP contribution in [0.5, 0.6) is 5.75 Å². The van der Waals surface area contributed by atoms with Crippen LogP contribution in [0, 0.1) is 11.7 Å². The highest BCUT2D eigenvalue weighted by Crippen LogP contribution is 2.34. The normalized spacial score (nSPS) is 15.3. The molecule has 5 nitrogen and oxygen atoms in total. The third-order valence-electron chi connectivity index (χ3n) is 3.18. The Balaban J connectivity index is 1.84. The average molecular weight is 360 g/mol. The molecule has 0 aromatic heterocycles. The van der Waals surface area contributed by atoms with Crippen molar-refractivity contribution in [2.24, 2.45) is 5.92 Å². The second-order valence-corrected chi connectivity index (χ2v) is 5.89. The van der Waals surface area contributed by atoms with Crippen LogP contribution in [0.25, 0.3) is 0 Å². The van der Waals surface area contributed by atoms with Crippen LogP contribution in [0.2, 0.25) is 0 Å². The molecule has 2 rings (SSSR count). The lowest BCUT2D eigenvalue weighted by Crippen LogP contribution is -2.40. The molecule has 7 heteroatoms. The van der Waals surface area contributed by atoms with Crippen LogP contribution in [-0.4, -0.2) is 29.6 Å². The molecule has 0 aliphatic heterocycles. The number of carbonyl (C=O) groups excluding carboxylic acids is 1. The Morgan fingerprint density at radius 1 is 1.48 bits per heavy atom. The number of carboxylic acids is 1. The van der Waals surface area contributed by atoms with Crippen molar-refractivity contribution >= 4 is 27.8 Å². The van der Waals surface area contributed by atoms with Crippen molar-refractivity contribution in [1.29, 1.82) is 0 Å². The number of nitrogens with one attached hydrogen (secondary N) is 1. The molecule has 1 aromatic rings. The van der Waals surface area contributed by atoms with Gasteiger partial charge >= 0.3 is 5.97 Å². The molecule has 1 aliphatic carbocycles. The topological polar surface area (TPSA) is 75.6 Å². The van der Waals surface area contributed by atoms with Gasteiger partial charge in [0.25, 0.3) is 5.91 Å². The van der Waals surface area contributed by atoms with E-state index in [0.717, 1.165) is 12.8 Å². The lowest BCUT2D eigenvalue weighted by Gasteiger charge is -2.16. The zero-order valence-corrected chi connectivity index (χ0v) is 12.7. The van der Waals surface area contributed by atoms with Crippen LogP contribution >= 0.6 is 15.9 Å². The van der Waals surface area contributed by atoms with Gasteiger partial charge in [-0.2, -0.15) is 0 Å². The number of amides is 1. The third-order valence-corrected chi connectivity index (χ3v) is 3.68. The summed E-state index contributed by atoms with van der Waals surface area (Å²) in [5.41, 5.74) is 0. The van der Waals surface area contributed by atoms with Crippen molar-refractivity contribution in [3.8, 4) is 5.75 Å². The SMILES string of the molecule is O=C(O)CC(NC(=O)COc1ccc(Br)cc1F)C1CC1. The Kier molecular flexibility index (Phi) is 5.17. The fourth-order valence-corrected chi connectivity index (χ4v) is 2.34. The number of ether oxygens (including phenoxy) is 1. The Labute approximate surface area is 129 Å². The number of benzene rings is 1. The van der Waals surface area contributed by atoms with E-state index < -0.39 is 17.7 Å². The lowest BCUT2D eigenvalue weighted by molar-refractivity contribution is -0.138. The third kappa shape index (κ3) is 5.00. The van der Waals surface area contributed by atoms with Crippen LogP contribution in [-0.2, 0) is 9.59 Å². The van der Waals surface area contributed by atoms with E-state index in [-0.39, 0.29) is 30.7 Å². The quantitative estimate of drug-likeness (QED) is 0.783. The van der Waals surface area contributed by atoms with E-state index in [9.17, 15) is 14.0 Å². The second-order valence-electron chi connectivity index (χ2n) is 4.97. The minimum atomic E-state index is -0.952. The molecule has 21 heavy (non-hydrogen) atoms. The highest BCUT2D eigenvalue weighted by Gasteiger charge is 2.33. The van der Waals surface area contributed by atoms with Crippen molar-refractivity contribution in [3.05, 3.63) is 28.5 Å². The van der Waals surface area contributed by atoms with E-state index in [0.29, 0.717) is 4.47 Å². The van der Waals surface area contributed by atoms with Gasteiger partial charge in [0, 0.05) is 10.5 Å². The zero-order chi connectivity index (χ0) is 15.4. The monoisotopic (exact) mass is 359 g/mol. The minimum Gasteiger partial charge on any atom is -0.481 e. The molecular formula is C14H15BrFNO4. The summed E-state index contributed by atoms with van der Waals surface area (Å²) in [4.78, 5) is 22.5. The first-order valence-electron chi connectivity index (χ1n) is 6.54. The van der Waals surface area contributed by atoms with Gasteiger partial charge in [0.15, 0.2) is 18.2 Å². The van der Waals surface area contributed by atoms with Crippen LogP contribution in [0.15, 0.2) is 22.7 Å². The Bertz CT molecular complexity index is 548. The number of hydrogen-bond acceptors (Lipinski definition) is 3. The summed E-state index contributed by atoms with van der Waals surface area (Å²) in [6.45, 7) is -0.346. The summed E-state index contributed by atoms with van der Waals surface area (Å²) in [7, 11) is 0. The molecule has 2 N–H and O–H groups in total. The van der Waals surface area contributed by atoms with Crippen molar-refractivity contribution in [2.45, 2.75) is 25.3 Å². The number of aliphatic carboxylic acids is 1. The van der Waals surface area contributed by atoms with E-state index in [4.69, 9.17) is 9.84 Å². The number of carbonyl (C=O) groups is 2. The number of rotatable bonds is 7. The van der Waals surface area contributed by atoms with Gasteiger partial charge in [0.2, 0.25) is 0 Å². The van der Waals surface area contributed by atoms with Crippen molar-refractivity contribution < 1.29 is 23.8 Å². The molecule has 1 aromatic carbocycles. The predicted octanol–water partition coefficient (Wildman–Crippen LogP) is 2.34. The summed E-state index contributed by atoms with van der Waals surface area (Å²) in [5, 5.41) is 11.4. The summed E-state index contributed by atoms with van der Waals surface area (Å²) >= 11 is 3.12. The van der Waals surface area contributed by atoms with Crippen molar-refractivity contribution in [2.75, 3.05) is 6.61 Å². The Hall–Kier alpha value is -1.63. The highest BCUT2D eigenvalue weighted by molar-refractivity contribution is 9.10. The fraction of sp³-hybridized carbons (Fsp3) is 0.429. The van der Waals surface area contributed by atoms with E-state index in [1.54, 1.807) is 6.07 Å².